The normalized spacial score (nSPS) is 43.6. The van der Waals surface area contributed by atoms with Crippen molar-refractivity contribution < 1.29 is 9.53 Å². The van der Waals surface area contributed by atoms with E-state index in [4.69, 9.17) is 4.74 Å². The molecule has 33 heavy (non-hydrogen) atoms. The van der Waals surface area contributed by atoms with Gasteiger partial charge in [-0.05, 0) is 122 Å². The van der Waals surface area contributed by atoms with Gasteiger partial charge in [-0.15, -0.1) is 0 Å². The standard InChI is InChI=1S/C30H53NO2/c1-20(2)21-11-13-24-22(17-21)12-14-25-29(24,7)15-10-16-30(25,8)26(32)33-23-18-27(3,4)31(9)28(5,6)19-23/h20-25H,10-19H2,1-9H3/t21?,22?,24-,25?,29-,30+/m1/s1. The van der Waals surface area contributed by atoms with Crippen LogP contribution < -0.4 is 0 Å². The first-order valence-electron chi connectivity index (χ1n) is 14.2. The van der Waals surface area contributed by atoms with E-state index in [1.807, 2.05) is 0 Å². The van der Waals surface area contributed by atoms with Crippen LogP contribution in [0.3, 0.4) is 0 Å². The molecule has 4 aliphatic rings. The number of hydrogen-bond donors (Lipinski definition) is 0. The molecule has 3 aliphatic carbocycles. The van der Waals surface area contributed by atoms with Crippen LogP contribution >= 0.6 is 0 Å². The molecule has 3 unspecified atom stereocenters. The van der Waals surface area contributed by atoms with Gasteiger partial charge in [0, 0.05) is 23.9 Å². The van der Waals surface area contributed by atoms with Gasteiger partial charge >= 0.3 is 5.97 Å². The summed E-state index contributed by atoms with van der Waals surface area (Å²) in [5.74, 6) is 4.00. The van der Waals surface area contributed by atoms with E-state index >= 15 is 0 Å². The van der Waals surface area contributed by atoms with E-state index in [-0.39, 0.29) is 28.6 Å². The van der Waals surface area contributed by atoms with E-state index < -0.39 is 0 Å². The Morgan fingerprint density at radius 3 is 2.15 bits per heavy atom. The molecular formula is C30H53NO2. The molecule has 4 fully saturated rings. The first-order chi connectivity index (χ1) is 15.2. The van der Waals surface area contributed by atoms with E-state index in [0.717, 1.165) is 42.9 Å². The van der Waals surface area contributed by atoms with Gasteiger partial charge in [-0.1, -0.05) is 27.2 Å². The van der Waals surface area contributed by atoms with Crippen LogP contribution in [-0.4, -0.2) is 35.1 Å². The summed E-state index contributed by atoms with van der Waals surface area (Å²) in [4.78, 5) is 16.4. The lowest BCUT2D eigenvalue weighted by Crippen LogP contribution is -2.61. The molecule has 1 heterocycles. The minimum absolute atomic E-state index is 0.0292. The molecule has 190 valence electrons. The number of ether oxygens (including phenoxy) is 1. The Kier molecular flexibility index (Phi) is 6.59. The zero-order chi connectivity index (χ0) is 24.4. The topological polar surface area (TPSA) is 29.5 Å². The predicted molar refractivity (Wildman–Crippen MR) is 137 cm³/mol. The highest BCUT2D eigenvalue weighted by atomic mass is 16.5. The fourth-order valence-corrected chi connectivity index (χ4v) is 9.37. The number of hydrogen-bond acceptors (Lipinski definition) is 3. The molecule has 0 amide bonds. The third-order valence-corrected chi connectivity index (χ3v) is 11.6. The van der Waals surface area contributed by atoms with E-state index in [2.05, 4.69) is 67.3 Å². The number of fused-ring (bicyclic) bond motifs is 3. The molecule has 3 saturated carbocycles. The summed E-state index contributed by atoms with van der Waals surface area (Å²) in [6.07, 6.45) is 12.1. The van der Waals surface area contributed by atoms with Crippen molar-refractivity contribution in [1.82, 2.24) is 4.90 Å². The summed E-state index contributed by atoms with van der Waals surface area (Å²) in [6, 6.07) is 0. The zero-order valence-corrected chi connectivity index (χ0v) is 23.3. The van der Waals surface area contributed by atoms with E-state index in [1.54, 1.807) is 0 Å². The van der Waals surface area contributed by atoms with Gasteiger partial charge in [0.15, 0.2) is 0 Å². The van der Waals surface area contributed by atoms with Crippen LogP contribution in [0.25, 0.3) is 0 Å². The molecule has 1 aliphatic heterocycles. The molecule has 3 nitrogen and oxygen atoms in total. The van der Waals surface area contributed by atoms with Crippen LogP contribution in [0.4, 0.5) is 0 Å². The van der Waals surface area contributed by atoms with Gasteiger partial charge in [0.2, 0.25) is 0 Å². The molecule has 0 aromatic heterocycles. The quantitative estimate of drug-likeness (QED) is 0.410. The molecule has 6 atom stereocenters. The Morgan fingerprint density at radius 1 is 0.909 bits per heavy atom. The fourth-order valence-electron chi connectivity index (χ4n) is 9.37. The second-order valence-electron chi connectivity index (χ2n) is 14.7. The maximum Gasteiger partial charge on any atom is 0.312 e. The van der Waals surface area contributed by atoms with Gasteiger partial charge in [0.25, 0.3) is 0 Å². The number of piperidine rings is 1. The van der Waals surface area contributed by atoms with Crippen molar-refractivity contribution in [2.75, 3.05) is 7.05 Å². The number of nitrogens with zero attached hydrogens (tertiary/aromatic N) is 1. The van der Waals surface area contributed by atoms with Crippen molar-refractivity contribution in [2.45, 2.75) is 137 Å². The highest BCUT2D eigenvalue weighted by Crippen LogP contribution is 2.64. The average molecular weight is 460 g/mol. The highest BCUT2D eigenvalue weighted by Gasteiger charge is 2.60. The Bertz CT molecular complexity index is 724. The zero-order valence-electron chi connectivity index (χ0n) is 23.3. The van der Waals surface area contributed by atoms with E-state index in [9.17, 15) is 4.79 Å². The van der Waals surface area contributed by atoms with Crippen LogP contribution in [0, 0.1) is 40.4 Å². The van der Waals surface area contributed by atoms with Gasteiger partial charge in [-0.25, -0.2) is 0 Å². The molecule has 0 radical (unpaired) electrons. The summed E-state index contributed by atoms with van der Waals surface area (Å²) >= 11 is 0. The highest BCUT2D eigenvalue weighted by molar-refractivity contribution is 5.77. The molecule has 3 heteroatoms. The molecule has 0 aromatic carbocycles. The van der Waals surface area contributed by atoms with E-state index in [0.29, 0.717) is 11.3 Å². The second kappa shape index (κ2) is 8.52. The lowest BCUT2D eigenvalue weighted by atomic mass is 9.43. The van der Waals surface area contributed by atoms with Crippen LogP contribution in [0.2, 0.25) is 0 Å². The van der Waals surface area contributed by atoms with Crippen LogP contribution in [0.1, 0.15) is 120 Å². The minimum Gasteiger partial charge on any atom is -0.462 e. The maximum atomic E-state index is 14.0. The Labute approximate surface area is 204 Å². The van der Waals surface area contributed by atoms with E-state index in [1.165, 1.54) is 44.9 Å². The minimum atomic E-state index is -0.315. The third kappa shape index (κ3) is 4.31. The average Bonchev–Trinajstić information content (AvgIpc) is 2.71. The molecule has 1 saturated heterocycles. The summed E-state index contributed by atoms with van der Waals surface area (Å²) in [5.41, 5.74) is 0.0797. The lowest BCUT2D eigenvalue weighted by Gasteiger charge is -2.61. The number of carbonyl (C=O) groups excluding carboxylic acids is 1. The molecule has 0 aromatic rings. The van der Waals surface area contributed by atoms with Crippen molar-refractivity contribution >= 4 is 5.97 Å². The van der Waals surface area contributed by atoms with Crippen molar-refractivity contribution in [3.63, 3.8) is 0 Å². The largest absolute Gasteiger partial charge is 0.462 e. The summed E-state index contributed by atoms with van der Waals surface area (Å²) in [7, 11) is 2.22. The number of carbonyl (C=O) groups is 1. The number of likely N-dealkylation sites (tertiary alicyclic amines) is 1. The lowest BCUT2D eigenvalue weighted by molar-refractivity contribution is -0.190. The monoisotopic (exact) mass is 459 g/mol. The first kappa shape index (κ1) is 25.5. The van der Waals surface area contributed by atoms with Crippen molar-refractivity contribution in [3.05, 3.63) is 0 Å². The van der Waals surface area contributed by atoms with Gasteiger partial charge in [0.05, 0.1) is 5.41 Å². The smallest absolute Gasteiger partial charge is 0.312 e. The number of esters is 1. The first-order valence-corrected chi connectivity index (χ1v) is 14.2. The molecular weight excluding hydrogens is 406 g/mol. The Morgan fingerprint density at radius 2 is 1.55 bits per heavy atom. The predicted octanol–water partition coefficient (Wildman–Crippen LogP) is 7.48. The SMILES string of the molecule is CC(C)C1CC[C@@H]2C(CCC3[C@]2(C)CCC[C@]3(C)C(=O)OC2CC(C)(C)N(C)C(C)(C)C2)C1. The fraction of sp³-hybridized carbons (Fsp3) is 0.967. The number of rotatable bonds is 3. The molecule has 0 bridgehead atoms. The van der Waals surface area contributed by atoms with Crippen molar-refractivity contribution in [2.24, 2.45) is 40.4 Å². The van der Waals surface area contributed by atoms with Crippen LogP contribution in [0.15, 0.2) is 0 Å². The van der Waals surface area contributed by atoms with Crippen LogP contribution in [-0.2, 0) is 9.53 Å². The van der Waals surface area contributed by atoms with Crippen LogP contribution in [0.5, 0.6) is 0 Å². The van der Waals surface area contributed by atoms with Gasteiger partial charge in [-0.3, -0.25) is 9.69 Å². The van der Waals surface area contributed by atoms with Crippen molar-refractivity contribution in [3.8, 4) is 0 Å². The Hall–Kier alpha value is -0.570. The summed E-state index contributed by atoms with van der Waals surface area (Å²) in [6.45, 7) is 18.9. The molecule has 0 N–H and O–H groups in total. The molecule has 0 spiro atoms. The van der Waals surface area contributed by atoms with Gasteiger partial charge in [0.1, 0.15) is 6.10 Å². The van der Waals surface area contributed by atoms with Gasteiger partial charge < -0.3 is 4.74 Å². The van der Waals surface area contributed by atoms with Gasteiger partial charge in [-0.2, -0.15) is 0 Å². The Balaban J connectivity index is 1.51. The molecule has 4 rings (SSSR count). The maximum absolute atomic E-state index is 14.0. The summed E-state index contributed by atoms with van der Waals surface area (Å²) < 4.78 is 6.47. The second-order valence-corrected chi connectivity index (χ2v) is 14.7. The summed E-state index contributed by atoms with van der Waals surface area (Å²) in [5, 5.41) is 0. The van der Waals surface area contributed by atoms with Crippen molar-refractivity contribution in [1.29, 1.82) is 0 Å². The third-order valence-electron chi connectivity index (χ3n) is 11.6.